The molecule has 2 heteroatoms. The molecule has 0 aliphatic heterocycles. The second kappa shape index (κ2) is 3.67. The first-order valence-electron chi connectivity index (χ1n) is 5.03. The van der Waals surface area contributed by atoms with Crippen molar-refractivity contribution in [2.75, 3.05) is 6.61 Å². The minimum Gasteiger partial charge on any atom is -0.395 e. The van der Waals surface area contributed by atoms with Crippen LogP contribution in [0.25, 0.3) is 0 Å². The van der Waals surface area contributed by atoms with Gasteiger partial charge in [-0.1, -0.05) is 35.0 Å². The Morgan fingerprint density at radius 2 is 2.21 bits per heavy atom. The highest BCUT2D eigenvalue weighted by molar-refractivity contribution is 9.10. The lowest BCUT2D eigenvalue weighted by atomic mass is 9.60. The summed E-state index contributed by atoms with van der Waals surface area (Å²) in [5, 5.41) is 9.48. The Morgan fingerprint density at radius 3 is 2.71 bits per heavy atom. The molecule has 0 bridgehead atoms. The highest BCUT2D eigenvalue weighted by Gasteiger charge is 2.42. The number of hydrogen-bond acceptors (Lipinski definition) is 1. The van der Waals surface area contributed by atoms with Gasteiger partial charge < -0.3 is 5.11 Å². The Balaban J connectivity index is 2.29. The summed E-state index contributed by atoms with van der Waals surface area (Å²) in [4.78, 5) is 0. The minimum absolute atomic E-state index is 0.0448. The van der Waals surface area contributed by atoms with Crippen LogP contribution >= 0.6 is 15.9 Å². The van der Waals surface area contributed by atoms with Crippen LogP contribution in [0.4, 0.5) is 0 Å². The monoisotopic (exact) mass is 254 g/mol. The molecule has 0 saturated heterocycles. The molecule has 1 nitrogen and oxygen atoms in total. The fourth-order valence-electron chi connectivity index (χ4n) is 2.55. The molecule has 0 radical (unpaired) electrons. The van der Waals surface area contributed by atoms with Crippen molar-refractivity contribution >= 4 is 15.9 Å². The Hall–Kier alpha value is -0.340. The van der Waals surface area contributed by atoms with Crippen LogP contribution in [0.2, 0.25) is 0 Å². The third kappa shape index (κ3) is 1.61. The van der Waals surface area contributed by atoms with Crippen LogP contribution < -0.4 is 0 Å². The van der Waals surface area contributed by atoms with Crippen LogP contribution in [0.15, 0.2) is 28.7 Å². The van der Waals surface area contributed by atoms with Crippen LogP contribution in [0.5, 0.6) is 0 Å². The van der Waals surface area contributed by atoms with E-state index in [1.54, 1.807) is 0 Å². The van der Waals surface area contributed by atoms with Gasteiger partial charge in [-0.3, -0.25) is 0 Å². The van der Waals surface area contributed by atoms with E-state index >= 15 is 0 Å². The fourth-order valence-corrected chi connectivity index (χ4v) is 2.95. The molecule has 0 spiro atoms. The molecule has 1 saturated carbocycles. The Kier molecular flexibility index (Phi) is 2.67. The van der Waals surface area contributed by atoms with Gasteiger partial charge in [-0.15, -0.1) is 0 Å². The van der Waals surface area contributed by atoms with Crippen molar-refractivity contribution in [1.82, 2.24) is 0 Å². The molecule has 0 atom stereocenters. The van der Waals surface area contributed by atoms with Crippen LogP contribution in [-0.2, 0) is 5.41 Å². The number of halogens is 1. The molecule has 1 fully saturated rings. The summed E-state index contributed by atoms with van der Waals surface area (Å²) in [5.41, 5.74) is 1.32. The molecule has 1 aliphatic carbocycles. The molecule has 14 heavy (non-hydrogen) atoms. The minimum atomic E-state index is 0.0448. The zero-order valence-electron chi connectivity index (χ0n) is 8.33. The molecule has 0 aromatic heterocycles. The molecule has 2 rings (SSSR count). The summed E-state index contributed by atoms with van der Waals surface area (Å²) in [6, 6.07) is 8.31. The van der Waals surface area contributed by atoms with Crippen LogP contribution in [0, 0.1) is 5.92 Å². The maximum atomic E-state index is 9.48. The van der Waals surface area contributed by atoms with E-state index in [4.69, 9.17) is 0 Å². The molecule has 1 aromatic carbocycles. The van der Waals surface area contributed by atoms with Gasteiger partial charge in [0.2, 0.25) is 0 Å². The average molecular weight is 255 g/mol. The summed E-state index contributed by atoms with van der Waals surface area (Å²) in [6.45, 7) is 2.51. The highest BCUT2D eigenvalue weighted by atomic mass is 79.9. The van der Waals surface area contributed by atoms with E-state index in [1.807, 2.05) is 12.1 Å². The van der Waals surface area contributed by atoms with Crippen molar-refractivity contribution in [2.24, 2.45) is 5.92 Å². The second-order valence-electron chi connectivity index (χ2n) is 4.46. The van der Waals surface area contributed by atoms with Crippen LogP contribution in [0.3, 0.4) is 0 Å². The lowest BCUT2D eigenvalue weighted by molar-refractivity contribution is 0.0747. The average Bonchev–Trinajstić information content (AvgIpc) is 2.12. The molecule has 1 aromatic rings. The van der Waals surface area contributed by atoms with Crippen molar-refractivity contribution < 1.29 is 5.11 Å². The lowest BCUT2D eigenvalue weighted by Gasteiger charge is -2.46. The standard InChI is InChI=1S/C12H15BrO/c1-9-6-12(7-9,8-14)10-3-2-4-11(13)5-10/h2-5,9,14H,6-8H2,1H3. The third-order valence-electron chi connectivity index (χ3n) is 3.22. The number of rotatable bonds is 2. The van der Waals surface area contributed by atoms with Gasteiger partial charge in [0.15, 0.2) is 0 Å². The van der Waals surface area contributed by atoms with Crippen molar-refractivity contribution in [3.05, 3.63) is 34.3 Å². The molecule has 1 aliphatic rings. The first-order valence-corrected chi connectivity index (χ1v) is 5.82. The van der Waals surface area contributed by atoms with Crippen molar-refractivity contribution in [1.29, 1.82) is 0 Å². The highest BCUT2D eigenvalue weighted by Crippen LogP contribution is 2.47. The SMILES string of the molecule is CC1CC(CO)(c2cccc(Br)c2)C1. The number of aliphatic hydroxyl groups excluding tert-OH is 1. The van der Waals surface area contributed by atoms with E-state index in [0.717, 1.165) is 23.2 Å². The smallest absolute Gasteiger partial charge is 0.0528 e. The molecule has 0 unspecified atom stereocenters. The van der Waals surface area contributed by atoms with E-state index < -0.39 is 0 Å². The largest absolute Gasteiger partial charge is 0.395 e. The van der Waals surface area contributed by atoms with Crippen LogP contribution in [-0.4, -0.2) is 11.7 Å². The maximum Gasteiger partial charge on any atom is 0.0528 e. The lowest BCUT2D eigenvalue weighted by Crippen LogP contribution is -2.43. The van der Waals surface area contributed by atoms with Gasteiger partial charge >= 0.3 is 0 Å². The van der Waals surface area contributed by atoms with Crippen molar-refractivity contribution in [3.63, 3.8) is 0 Å². The molecular formula is C12H15BrO. The van der Waals surface area contributed by atoms with E-state index in [1.165, 1.54) is 5.56 Å². The summed E-state index contributed by atoms with van der Waals surface area (Å²) < 4.78 is 1.10. The van der Waals surface area contributed by atoms with Crippen molar-refractivity contribution in [2.45, 2.75) is 25.2 Å². The van der Waals surface area contributed by atoms with E-state index in [9.17, 15) is 5.11 Å². The summed E-state index contributed by atoms with van der Waals surface area (Å²) in [6.07, 6.45) is 2.22. The Bertz CT molecular complexity index is 329. The molecular weight excluding hydrogens is 240 g/mol. The third-order valence-corrected chi connectivity index (χ3v) is 3.71. The quantitative estimate of drug-likeness (QED) is 0.860. The molecule has 0 heterocycles. The molecule has 76 valence electrons. The molecule has 0 amide bonds. The first kappa shape index (κ1) is 10.2. The van der Waals surface area contributed by atoms with E-state index in [-0.39, 0.29) is 12.0 Å². The first-order chi connectivity index (χ1) is 6.66. The van der Waals surface area contributed by atoms with Crippen molar-refractivity contribution in [3.8, 4) is 0 Å². The summed E-state index contributed by atoms with van der Waals surface area (Å²) in [5.74, 6) is 0.751. The fraction of sp³-hybridized carbons (Fsp3) is 0.500. The second-order valence-corrected chi connectivity index (χ2v) is 5.38. The summed E-state index contributed by atoms with van der Waals surface area (Å²) in [7, 11) is 0. The van der Waals surface area contributed by atoms with Gasteiger partial charge in [0.05, 0.1) is 6.61 Å². The molecule has 1 N–H and O–H groups in total. The van der Waals surface area contributed by atoms with Gasteiger partial charge in [0, 0.05) is 9.89 Å². The van der Waals surface area contributed by atoms with E-state index in [0.29, 0.717) is 0 Å². The maximum absolute atomic E-state index is 9.48. The zero-order valence-corrected chi connectivity index (χ0v) is 9.92. The Labute approximate surface area is 93.3 Å². The summed E-state index contributed by atoms with van der Waals surface area (Å²) >= 11 is 3.47. The zero-order chi connectivity index (χ0) is 10.2. The van der Waals surface area contributed by atoms with Gasteiger partial charge in [-0.25, -0.2) is 0 Å². The Morgan fingerprint density at radius 1 is 1.50 bits per heavy atom. The number of hydrogen-bond donors (Lipinski definition) is 1. The predicted molar refractivity (Wildman–Crippen MR) is 61.3 cm³/mol. The van der Waals surface area contributed by atoms with Gasteiger partial charge in [-0.05, 0) is 36.5 Å². The number of benzene rings is 1. The predicted octanol–water partition coefficient (Wildman–Crippen LogP) is 3.11. The van der Waals surface area contributed by atoms with Gasteiger partial charge in [-0.2, -0.15) is 0 Å². The van der Waals surface area contributed by atoms with Crippen LogP contribution in [0.1, 0.15) is 25.3 Å². The normalized spacial score (nSPS) is 31.2. The van der Waals surface area contributed by atoms with E-state index in [2.05, 4.69) is 35.0 Å². The van der Waals surface area contributed by atoms with Gasteiger partial charge in [0.1, 0.15) is 0 Å². The topological polar surface area (TPSA) is 20.2 Å². The van der Waals surface area contributed by atoms with Gasteiger partial charge in [0.25, 0.3) is 0 Å². The number of aliphatic hydroxyl groups is 1.